The van der Waals surface area contributed by atoms with E-state index in [2.05, 4.69) is 0 Å². The lowest BCUT2D eigenvalue weighted by Gasteiger charge is -2.28. The normalized spacial score (nSPS) is 25.9. The number of β-amino-alcohol motifs (C(OH)–C–C–N with tert-alkyl or cyclic N) is 1. The Labute approximate surface area is 96.6 Å². The molecule has 0 aliphatic carbocycles. The number of likely N-dealkylation sites (tertiary alicyclic amines) is 1. The molecule has 3 N–H and O–H groups in total. The van der Waals surface area contributed by atoms with Crippen molar-refractivity contribution in [3.63, 3.8) is 0 Å². The predicted molar refractivity (Wildman–Crippen MR) is 61.0 cm³/mol. The van der Waals surface area contributed by atoms with Gasteiger partial charge in [0.1, 0.15) is 5.60 Å². The number of nitrogens with zero attached hydrogens (tertiary/aromatic N) is 1. The van der Waals surface area contributed by atoms with Crippen LogP contribution in [0.15, 0.2) is 0 Å². The van der Waals surface area contributed by atoms with Crippen molar-refractivity contribution < 1.29 is 14.6 Å². The van der Waals surface area contributed by atoms with Gasteiger partial charge in [-0.3, -0.25) is 0 Å². The summed E-state index contributed by atoms with van der Waals surface area (Å²) in [5, 5.41) is 9.55. The van der Waals surface area contributed by atoms with Gasteiger partial charge < -0.3 is 20.5 Å². The second-order valence-electron chi connectivity index (χ2n) is 5.25. The van der Waals surface area contributed by atoms with Crippen LogP contribution in [0.4, 0.5) is 4.79 Å². The Morgan fingerprint density at radius 1 is 1.56 bits per heavy atom. The van der Waals surface area contributed by atoms with E-state index in [4.69, 9.17) is 10.5 Å². The Balaban J connectivity index is 2.59. The summed E-state index contributed by atoms with van der Waals surface area (Å²) in [4.78, 5) is 13.4. The molecule has 2 atom stereocenters. The van der Waals surface area contributed by atoms with E-state index in [1.54, 1.807) is 4.90 Å². The minimum atomic E-state index is -0.502. The molecule has 0 aromatic rings. The number of ether oxygens (including phenoxy) is 1. The van der Waals surface area contributed by atoms with Crippen molar-refractivity contribution in [2.45, 2.75) is 51.4 Å². The van der Waals surface area contributed by atoms with E-state index in [0.717, 1.165) is 0 Å². The SMILES string of the molecule is CC(C)(C)OC(=O)N1C[C@H](O)C[C@H]1CCN. The highest BCUT2D eigenvalue weighted by Gasteiger charge is 2.36. The first-order valence-corrected chi connectivity index (χ1v) is 5.71. The first-order valence-electron chi connectivity index (χ1n) is 5.71. The van der Waals surface area contributed by atoms with Crippen molar-refractivity contribution in [2.24, 2.45) is 5.73 Å². The molecule has 0 saturated carbocycles. The monoisotopic (exact) mass is 230 g/mol. The van der Waals surface area contributed by atoms with Gasteiger partial charge in [-0.15, -0.1) is 0 Å². The lowest BCUT2D eigenvalue weighted by atomic mass is 10.1. The second kappa shape index (κ2) is 5.01. The highest BCUT2D eigenvalue weighted by atomic mass is 16.6. The molecule has 94 valence electrons. The number of hydrogen-bond donors (Lipinski definition) is 2. The van der Waals surface area contributed by atoms with E-state index in [0.29, 0.717) is 25.9 Å². The quantitative estimate of drug-likeness (QED) is 0.732. The molecular formula is C11H22N2O3. The molecule has 0 aromatic carbocycles. The van der Waals surface area contributed by atoms with Gasteiger partial charge in [0.15, 0.2) is 0 Å². The molecule has 1 amide bonds. The lowest BCUT2D eigenvalue weighted by Crippen LogP contribution is -2.40. The minimum absolute atomic E-state index is 0.00912. The smallest absolute Gasteiger partial charge is 0.410 e. The summed E-state index contributed by atoms with van der Waals surface area (Å²) in [6.07, 6.45) is 0.485. The van der Waals surface area contributed by atoms with Crippen molar-refractivity contribution in [3.05, 3.63) is 0 Å². The number of aliphatic hydroxyl groups is 1. The topological polar surface area (TPSA) is 75.8 Å². The van der Waals surface area contributed by atoms with Crippen LogP contribution in [0, 0.1) is 0 Å². The summed E-state index contributed by atoms with van der Waals surface area (Å²) < 4.78 is 5.28. The molecule has 0 spiro atoms. The lowest BCUT2D eigenvalue weighted by molar-refractivity contribution is 0.0204. The summed E-state index contributed by atoms with van der Waals surface area (Å²) in [5.74, 6) is 0. The van der Waals surface area contributed by atoms with E-state index >= 15 is 0 Å². The molecule has 0 aromatic heterocycles. The molecule has 1 rings (SSSR count). The van der Waals surface area contributed by atoms with Crippen LogP contribution in [0.3, 0.4) is 0 Å². The minimum Gasteiger partial charge on any atom is -0.444 e. The van der Waals surface area contributed by atoms with Crippen molar-refractivity contribution in [1.29, 1.82) is 0 Å². The zero-order chi connectivity index (χ0) is 12.3. The number of carbonyl (C=O) groups is 1. The Bertz CT molecular complexity index is 250. The maximum Gasteiger partial charge on any atom is 0.410 e. The summed E-state index contributed by atoms with van der Waals surface area (Å²) in [7, 11) is 0. The standard InChI is InChI=1S/C11H22N2O3/c1-11(2,3)16-10(15)13-7-9(14)6-8(13)4-5-12/h8-9,14H,4-7,12H2,1-3H3/t8-,9-/m1/s1. The number of rotatable bonds is 2. The van der Waals surface area contributed by atoms with Crippen LogP contribution in [-0.2, 0) is 4.74 Å². The van der Waals surface area contributed by atoms with Gasteiger partial charge in [0.05, 0.1) is 12.6 Å². The third kappa shape index (κ3) is 3.64. The summed E-state index contributed by atoms with van der Waals surface area (Å²) in [6, 6.07) is 0.00912. The maximum absolute atomic E-state index is 11.8. The average Bonchev–Trinajstić information content (AvgIpc) is 2.44. The van der Waals surface area contributed by atoms with Gasteiger partial charge in [-0.1, -0.05) is 0 Å². The van der Waals surface area contributed by atoms with E-state index in [1.807, 2.05) is 20.8 Å². The van der Waals surface area contributed by atoms with Crippen LogP contribution in [0.2, 0.25) is 0 Å². The van der Waals surface area contributed by atoms with E-state index in [1.165, 1.54) is 0 Å². The van der Waals surface area contributed by atoms with Gasteiger partial charge in [0.25, 0.3) is 0 Å². The summed E-state index contributed by atoms with van der Waals surface area (Å²) >= 11 is 0. The van der Waals surface area contributed by atoms with Crippen molar-refractivity contribution in [2.75, 3.05) is 13.1 Å². The van der Waals surface area contributed by atoms with Gasteiger partial charge in [-0.2, -0.15) is 0 Å². The first kappa shape index (κ1) is 13.3. The summed E-state index contributed by atoms with van der Waals surface area (Å²) in [5.41, 5.74) is 4.98. The zero-order valence-electron chi connectivity index (χ0n) is 10.3. The molecule has 5 heteroatoms. The number of aliphatic hydroxyl groups excluding tert-OH is 1. The average molecular weight is 230 g/mol. The van der Waals surface area contributed by atoms with Crippen LogP contribution < -0.4 is 5.73 Å². The highest BCUT2D eigenvalue weighted by molar-refractivity contribution is 5.69. The van der Waals surface area contributed by atoms with Crippen molar-refractivity contribution >= 4 is 6.09 Å². The predicted octanol–water partition coefficient (Wildman–Crippen LogP) is 0.706. The summed E-state index contributed by atoms with van der Waals surface area (Å²) in [6.45, 7) is 6.34. The van der Waals surface area contributed by atoms with Gasteiger partial charge in [0.2, 0.25) is 0 Å². The molecule has 1 aliphatic rings. The molecule has 1 saturated heterocycles. The first-order chi connectivity index (χ1) is 7.33. The van der Waals surface area contributed by atoms with Gasteiger partial charge in [-0.05, 0) is 40.2 Å². The number of carbonyl (C=O) groups excluding carboxylic acids is 1. The Kier molecular flexibility index (Phi) is 4.15. The fraction of sp³-hybridized carbons (Fsp3) is 0.909. The highest BCUT2D eigenvalue weighted by Crippen LogP contribution is 2.22. The zero-order valence-corrected chi connectivity index (χ0v) is 10.3. The third-order valence-electron chi connectivity index (χ3n) is 2.52. The van der Waals surface area contributed by atoms with Crippen LogP contribution in [0.25, 0.3) is 0 Å². The van der Waals surface area contributed by atoms with Crippen LogP contribution >= 0.6 is 0 Å². The Morgan fingerprint density at radius 2 is 2.19 bits per heavy atom. The van der Waals surface area contributed by atoms with Crippen LogP contribution in [0.1, 0.15) is 33.6 Å². The molecule has 5 nitrogen and oxygen atoms in total. The fourth-order valence-electron chi connectivity index (χ4n) is 1.90. The largest absolute Gasteiger partial charge is 0.444 e. The third-order valence-corrected chi connectivity index (χ3v) is 2.52. The molecule has 1 heterocycles. The van der Waals surface area contributed by atoms with Crippen molar-refractivity contribution in [1.82, 2.24) is 4.90 Å². The number of amides is 1. The van der Waals surface area contributed by atoms with E-state index < -0.39 is 11.7 Å². The van der Waals surface area contributed by atoms with E-state index in [-0.39, 0.29) is 12.1 Å². The number of hydrogen-bond acceptors (Lipinski definition) is 4. The molecule has 0 unspecified atom stereocenters. The molecule has 16 heavy (non-hydrogen) atoms. The Morgan fingerprint density at radius 3 is 2.69 bits per heavy atom. The fourth-order valence-corrected chi connectivity index (χ4v) is 1.90. The molecule has 1 aliphatic heterocycles. The molecule has 1 fully saturated rings. The maximum atomic E-state index is 11.8. The van der Waals surface area contributed by atoms with Crippen molar-refractivity contribution in [3.8, 4) is 0 Å². The second-order valence-corrected chi connectivity index (χ2v) is 5.25. The van der Waals surface area contributed by atoms with Gasteiger partial charge >= 0.3 is 6.09 Å². The van der Waals surface area contributed by atoms with Crippen LogP contribution in [0.5, 0.6) is 0 Å². The van der Waals surface area contributed by atoms with E-state index in [9.17, 15) is 9.90 Å². The molecular weight excluding hydrogens is 208 g/mol. The van der Waals surface area contributed by atoms with Gasteiger partial charge in [0, 0.05) is 6.04 Å². The Hall–Kier alpha value is -0.810. The van der Waals surface area contributed by atoms with Crippen LogP contribution in [-0.4, -0.2) is 46.9 Å². The molecule has 0 radical (unpaired) electrons. The number of nitrogens with two attached hydrogens (primary N) is 1. The molecule has 0 bridgehead atoms. The van der Waals surface area contributed by atoms with Gasteiger partial charge in [-0.25, -0.2) is 4.79 Å².